The number of hydrogen-bond acceptors (Lipinski definition) is 10. The molecule has 0 amide bonds. The lowest BCUT2D eigenvalue weighted by molar-refractivity contribution is 0.106. The van der Waals surface area contributed by atoms with E-state index in [1.54, 1.807) is 6.07 Å². The summed E-state index contributed by atoms with van der Waals surface area (Å²) < 4.78 is 9.27. The Balaban J connectivity index is 0.934. The van der Waals surface area contributed by atoms with Crippen molar-refractivity contribution < 1.29 is 14.3 Å². The van der Waals surface area contributed by atoms with E-state index in [9.17, 15) is 9.59 Å². The van der Waals surface area contributed by atoms with E-state index in [2.05, 4.69) is 31.0 Å². The second kappa shape index (κ2) is 11.6. The Morgan fingerprint density at radius 2 is 1.62 bits per heavy atom. The van der Waals surface area contributed by atoms with Gasteiger partial charge in [-0.1, -0.05) is 59.9 Å². The van der Waals surface area contributed by atoms with Crippen LogP contribution in [0.3, 0.4) is 0 Å². The number of ether oxygens (including phenoxy) is 1. The first kappa shape index (κ1) is 28.8. The summed E-state index contributed by atoms with van der Waals surface area (Å²) in [4.78, 5) is 35.6. The van der Waals surface area contributed by atoms with Crippen LogP contribution < -0.4 is 15.6 Å². The Bertz CT molecular complexity index is 2270. The first-order valence-electron chi connectivity index (χ1n) is 15.3. The normalized spacial score (nSPS) is 16.3. The van der Waals surface area contributed by atoms with E-state index in [0.29, 0.717) is 58.6 Å². The van der Waals surface area contributed by atoms with Crippen LogP contribution in [-0.4, -0.2) is 43.6 Å². The van der Waals surface area contributed by atoms with Gasteiger partial charge in [0, 0.05) is 37.4 Å². The molecular formula is C36H29N7O3S. The van der Waals surface area contributed by atoms with Crippen LogP contribution in [0.4, 0.5) is 11.1 Å². The molecule has 4 aromatic carbocycles. The monoisotopic (exact) mass is 639 g/mol. The van der Waals surface area contributed by atoms with Crippen LogP contribution in [0.5, 0.6) is 5.75 Å². The molecule has 232 valence electrons. The number of aryl methyl sites for hydroxylation is 1. The van der Waals surface area contributed by atoms with Crippen LogP contribution in [0.1, 0.15) is 44.3 Å². The van der Waals surface area contributed by atoms with Crippen molar-refractivity contribution in [3.63, 3.8) is 0 Å². The number of carbonyl (C=O) groups excluding carboxylic acids is 2. The molecule has 10 nitrogen and oxygen atoms in total. The third kappa shape index (κ3) is 5.34. The molecule has 0 saturated heterocycles. The van der Waals surface area contributed by atoms with Crippen LogP contribution in [0.25, 0.3) is 21.3 Å². The average molecular weight is 640 g/mol. The number of ketones is 2. The number of benzene rings is 4. The van der Waals surface area contributed by atoms with Crippen LogP contribution >= 0.6 is 11.3 Å². The highest BCUT2D eigenvalue weighted by Gasteiger charge is 2.30. The standard InChI is InChI=1S/C36H29N7O3S/c1-20(46-23-15-14-22-17-29(34(45)26(22)18-23)40-42-36-38-28-11-4-6-13-32(28)47-36)16-21-8-7-9-24-25(21)19-30(33(24)44)39-41-35-37-27-10-3-5-12-31(27)43(35)2/h3-15,18,20H,16-17,19H2,1-2H3,(H,37,41)(H,38,42)/b39-30-,40-29-. The molecular weight excluding hydrogens is 611 g/mol. The Morgan fingerprint density at radius 1 is 0.851 bits per heavy atom. The average Bonchev–Trinajstić information content (AvgIpc) is 3.82. The van der Waals surface area contributed by atoms with Crippen molar-refractivity contribution in [1.29, 1.82) is 0 Å². The Labute approximate surface area is 273 Å². The number of thiazole rings is 1. The number of fused-ring (bicyclic) bond motifs is 4. The number of anilines is 2. The van der Waals surface area contributed by atoms with Crippen molar-refractivity contribution in [1.82, 2.24) is 14.5 Å². The Hall–Kier alpha value is -5.68. The second-order valence-corrected chi connectivity index (χ2v) is 12.7. The molecule has 2 heterocycles. The summed E-state index contributed by atoms with van der Waals surface area (Å²) >= 11 is 1.49. The number of rotatable bonds is 8. The number of imidazole rings is 1. The number of Topliss-reactive ketones (excluding diaryl/α,β-unsaturated/α-hetero) is 2. The molecule has 11 heteroatoms. The zero-order chi connectivity index (χ0) is 32.1. The third-order valence-corrected chi connectivity index (χ3v) is 9.51. The van der Waals surface area contributed by atoms with Gasteiger partial charge in [-0.25, -0.2) is 15.4 Å². The van der Waals surface area contributed by atoms with Crippen LogP contribution in [0.15, 0.2) is 95.1 Å². The second-order valence-electron chi connectivity index (χ2n) is 11.7. The van der Waals surface area contributed by atoms with Crippen LogP contribution in [0, 0.1) is 0 Å². The van der Waals surface area contributed by atoms with E-state index in [-0.39, 0.29) is 17.7 Å². The lowest BCUT2D eigenvalue weighted by atomic mass is 9.99. The highest BCUT2D eigenvalue weighted by Crippen LogP contribution is 2.30. The summed E-state index contributed by atoms with van der Waals surface area (Å²) in [5.41, 5.74) is 13.8. The molecule has 0 spiro atoms. The van der Waals surface area contributed by atoms with E-state index in [1.807, 2.05) is 97.4 Å². The summed E-state index contributed by atoms with van der Waals surface area (Å²) in [5.74, 6) is 0.974. The molecule has 0 radical (unpaired) electrons. The molecule has 2 aliphatic carbocycles. The SMILES string of the molecule is CC(Cc1cccc2c1C/C(=N/Nc1nc3ccccc3n1C)C2=O)Oc1ccc2c(c1)C(=O)/C(=N\Nc1nc3ccccc3s1)C2. The Kier molecular flexibility index (Phi) is 7.10. The lowest BCUT2D eigenvalue weighted by Crippen LogP contribution is -2.16. The highest BCUT2D eigenvalue weighted by molar-refractivity contribution is 7.22. The maximum absolute atomic E-state index is 13.3. The van der Waals surface area contributed by atoms with Gasteiger partial charge in [0.1, 0.15) is 17.2 Å². The van der Waals surface area contributed by atoms with Gasteiger partial charge in [0.15, 0.2) is 0 Å². The molecule has 0 aliphatic heterocycles. The van der Waals surface area contributed by atoms with E-state index < -0.39 is 0 Å². The van der Waals surface area contributed by atoms with E-state index in [1.165, 1.54) is 11.3 Å². The fourth-order valence-corrected chi connectivity index (χ4v) is 7.03. The first-order chi connectivity index (χ1) is 22.9. The van der Waals surface area contributed by atoms with Gasteiger partial charge in [-0.3, -0.25) is 15.0 Å². The minimum atomic E-state index is -0.209. The van der Waals surface area contributed by atoms with Gasteiger partial charge in [0.2, 0.25) is 22.6 Å². The van der Waals surface area contributed by atoms with Gasteiger partial charge in [-0.15, -0.1) is 0 Å². The lowest BCUT2D eigenvalue weighted by Gasteiger charge is -2.17. The fourth-order valence-electron chi connectivity index (χ4n) is 6.22. The van der Waals surface area contributed by atoms with Gasteiger partial charge in [0.05, 0.1) is 27.4 Å². The van der Waals surface area contributed by atoms with Gasteiger partial charge in [-0.05, 0) is 60.0 Å². The maximum atomic E-state index is 13.3. The van der Waals surface area contributed by atoms with Gasteiger partial charge < -0.3 is 9.30 Å². The van der Waals surface area contributed by atoms with Crippen LogP contribution in [-0.2, 0) is 26.3 Å². The summed E-state index contributed by atoms with van der Waals surface area (Å²) in [6.45, 7) is 1.99. The number of nitrogens with zero attached hydrogens (tertiary/aromatic N) is 5. The van der Waals surface area contributed by atoms with Gasteiger partial charge in [0.25, 0.3) is 0 Å². The number of nitrogens with one attached hydrogen (secondary N) is 2. The van der Waals surface area contributed by atoms with Gasteiger partial charge >= 0.3 is 0 Å². The predicted molar refractivity (Wildman–Crippen MR) is 185 cm³/mol. The zero-order valence-electron chi connectivity index (χ0n) is 25.7. The maximum Gasteiger partial charge on any atom is 0.224 e. The van der Waals surface area contributed by atoms with Crippen molar-refractivity contribution in [2.24, 2.45) is 17.3 Å². The minimum absolute atomic E-state index is 0.0890. The third-order valence-electron chi connectivity index (χ3n) is 8.57. The number of carbonyl (C=O) groups is 2. The highest BCUT2D eigenvalue weighted by atomic mass is 32.1. The van der Waals surface area contributed by atoms with Crippen molar-refractivity contribution in [2.45, 2.75) is 32.3 Å². The molecule has 1 unspecified atom stereocenters. The quantitative estimate of drug-likeness (QED) is 0.180. The number of aromatic nitrogens is 3. The number of para-hydroxylation sites is 3. The molecule has 2 N–H and O–H groups in total. The zero-order valence-corrected chi connectivity index (χ0v) is 26.5. The molecule has 0 fully saturated rings. The topological polar surface area (TPSA) is 123 Å². The van der Waals surface area contributed by atoms with Gasteiger partial charge in [-0.2, -0.15) is 10.2 Å². The molecule has 2 aromatic heterocycles. The Morgan fingerprint density at radius 3 is 2.47 bits per heavy atom. The van der Waals surface area contributed by atoms with Crippen molar-refractivity contribution in [2.75, 3.05) is 10.9 Å². The van der Waals surface area contributed by atoms with E-state index >= 15 is 0 Å². The van der Waals surface area contributed by atoms with Crippen molar-refractivity contribution >= 4 is 66.7 Å². The van der Waals surface area contributed by atoms with Crippen molar-refractivity contribution in [3.8, 4) is 5.75 Å². The molecule has 8 rings (SSSR count). The van der Waals surface area contributed by atoms with Crippen LogP contribution in [0.2, 0.25) is 0 Å². The predicted octanol–water partition coefficient (Wildman–Crippen LogP) is 6.61. The fraction of sp³-hybridized carbons (Fsp3) is 0.167. The summed E-state index contributed by atoms with van der Waals surface area (Å²) in [6, 6.07) is 27.1. The first-order valence-corrected chi connectivity index (χ1v) is 16.1. The molecule has 47 heavy (non-hydrogen) atoms. The largest absolute Gasteiger partial charge is 0.490 e. The number of hydrazone groups is 2. The summed E-state index contributed by atoms with van der Waals surface area (Å²) in [6.07, 6.45) is 1.25. The molecule has 1 atom stereocenters. The van der Waals surface area contributed by atoms with E-state index in [0.717, 1.165) is 37.9 Å². The van der Waals surface area contributed by atoms with E-state index in [4.69, 9.17) is 4.74 Å². The summed E-state index contributed by atoms with van der Waals surface area (Å²) in [7, 11) is 1.91. The minimum Gasteiger partial charge on any atom is -0.490 e. The van der Waals surface area contributed by atoms with Crippen molar-refractivity contribution in [3.05, 3.63) is 113 Å². The summed E-state index contributed by atoms with van der Waals surface area (Å²) in [5, 5.41) is 9.52. The molecule has 0 saturated carbocycles. The molecule has 6 aromatic rings. The molecule has 0 bridgehead atoms. The number of hydrogen-bond donors (Lipinski definition) is 2. The smallest absolute Gasteiger partial charge is 0.224 e. The molecule has 2 aliphatic rings.